The van der Waals surface area contributed by atoms with Crippen molar-refractivity contribution in [3.8, 4) is 0 Å². The molecule has 0 fully saturated rings. The van der Waals surface area contributed by atoms with Crippen molar-refractivity contribution in [2.24, 2.45) is 0 Å². The van der Waals surface area contributed by atoms with Crippen LogP contribution in [0.2, 0.25) is 0 Å². The second-order valence-electron chi connectivity index (χ2n) is 3.95. The topological polar surface area (TPSA) is 105 Å². The molecule has 0 saturated carbocycles. The van der Waals surface area contributed by atoms with Crippen molar-refractivity contribution >= 4 is 23.7 Å². The fourth-order valence-corrected chi connectivity index (χ4v) is 1.39. The fourth-order valence-electron chi connectivity index (χ4n) is 1.39. The molecule has 0 bridgehead atoms. The standard InChI is InChI=1S/C13H16N2O5/c1-3-20-12(18)8(2)14-13(19)15-10-6-4-9(5-7-10)11(16)17/h4-8H,3H2,1-2H3,(H,16,17)(H2,14,15,19). The predicted molar refractivity (Wildman–Crippen MR) is 71.7 cm³/mol. The van der Waals surface area contributed by atoms with Gasteiger partial charge in [-0.25, -0.2) is 14.4 Å². The van der Waals surface area contributed by atoms with Crippen LogP contribution in [-0.2, 0) is 9.53 Å². The Bertz CT molecular complexity index is 498. The van der Waals surface area contributed by atoms with Gasteiger partial charge in [0.25, 0.3) is 0 Å². The SMILES string of the molecule is CCOC(=O)C(C)NC(=O)Nc1ccc(C(=O)O)cc1. The van der Waals surface area contributed by atoms with Crippen molar-refractivity contribution in [3.05, 3.63) is 29.8 Å². The molecule has 0 aromatic heterocycles. The van der Waals surface area contributed by atoms with Crippen LogP contribution >= 0.6 is 0 Å². The van der Waals surface area contributed by atoms with Crippen molar-refractivity contribution in [1.82, 2.24) is 5.32 Å². The smallest absolute Gasteiger partial charge is 0.335 e. The van der Waals surface area contributed by atoms with E-state index in [1.165, 1.54) is 31.2 Å². The minimum Gasteiger partial charge on any atom is -0.478 e. The van der Waals surface area contributed by atoms with E-state index in [1.54, 1.807) is 6.92 Å². The number of hydrogen-bond acceptors (Lipinski definition) is 4. The van der Waals surface area contributed by atoms with Gasteiger partial charge in [0.05, 0.1) is 12.2 Å². The number of carboxylic acids is 1. The molecule has 0 aliphatic carbocycles. The van der Waals surface area contributed by atoms with E-state index < -0.39 is 24.0 Å². The Kier molecular flexibility index (Phi) is 5.52. The molecule has 0 aliphatic rings. The van der Waals surface area contributed by atoms with Gasteiger partial charge in [0.1, 0.15) is 6.04 Å². The van der Waals surface area contributed by atoms with Crippen LogP contribution in [0.4, 0.5) is 10.5 Å². The van der Waals surface area contributed by atoms with Crippen LogP contribution in [0.15, 0.2) is 24.3 Å². The second kappa shape index (κ2) is 7.13. The van der Waals surface area contributed by atoms with Crippen molar-refractivity contribution in [2.45, 2.75) is 19.9 Å². The lowest BCUT2D eigenvalue weighted by Crippen LogP contribution is -2.41. The zero-order chi connectivity index (χ0) is 15.1. The summed E-state index contributed by atoms with van der Waals surface area (Å²) < 4.78 is 4.75. The summed E-state index contributed by atoms with van der Waals surface area (Å²) in [5.41, 5.74) is 0.541. The number of aromatic carboxylic acids is 1. The minimum atomic E-state index is -1.04. The third-order valence-corrected chi connectivity index (χ3v) is 2.38. The number of carbonyl (C=O) groups is 3. The molecule has 1 atom stereocenters. The zero-order valence-corrected chi connectivity index (χ0v) is 11.2. The number of carboxylic acid groups (broad SMARTS) is 1. The number of carbonyl (C=O) groups excluding carboxylic acids is 2. The summed E-state index contributed by atoms with van der Waals surface area (Å²) in [6.07, 6.45) is 0. The summed E-state index contributed by atoms with van der Waals surface area (Å²) in [6, 6.07) is 4.30. The first-order valence-corrected chi connectivity index (χ1v) is 6.01. The van der Waals surface area contributed by atoms with Crippen LogP contribution in [0.25, 0.3) is 0 Å². The number of rotatable bonds is 5. The molecule has 20 heavy (non-hydrogen) atoms. The molecule has 0 radical (unpaired) electrons. The van der Waals surface area contributed by atoms with Gasteiger partial charge in [-0.15, -0.1) is 0 Å². The second-order valence-corrected chi connectivity index (χ2v) is 3.95. The van der Waals surface area contributed by atoms with E-state index in [-0.39, 0.29) is 12.2 Å². The summed E-state index contributed by atoms with van der Waals surface area (Å²) in [7, 11) is 0. The van der Waals surface area contributed by atoms with E-state index in [4.69, 9.17) is 9.84 Å². The number of nitrogens with one attached hydrogen (secondary N) is 2. The molecular weight excluding hydrogens is 264 g/mol. The van der Waals surface area contributed by atoms with Crippen LogP contribution in [-0.4, -0.2) is 35.7 Å². The Morgan fingerprint density at radius 3 is 2.35 bits per heavy atom. The molecule has 3 N–H and O–H groups in total. The van der Waals surface area contributed by atoms with E-state index in [0.29, 0.717) is 5.69 Å². The first kappa shape index (κ1) is 15.5. The maximum absolute atomic E-state index is 11.6. The number of ether oxygens (including phenoxy) is 1. The average molecular weight is 280 g/mol. The molecule has 1 aromatic rings. The van der Waals surface area contributed by atoms with Crippen LogP contribution in [0, 0.1) is 0 Å². The number of anilines is 1. The largest absolute Gasteiger partial charge is 0.478 e. The lowest BCUT2D eigenvalue weighted by atomic mass is 10.2. The molecule has 7 nitrogen and oxygen atoms in total. The van der Waals surface area contributed by atoms with Crippen LogP contribution in [0.1, 0.15) is 24.2 Å². The van der Waals surface area contributed by atoms with Gasteiger partial charge in [-0.1, -0.05) is 0 Å². The maximum atomic E-state index is 11.6. The zero-order valence-electron chi connectivity index (χ0n) is 11.2. The highest BCUT2D eigenvalue weighted by Crippen LogP contribution is 2.09. The van der Waals surface area contributed by atoms with Gasteiger partial charge in [-0.2, -0.15) is 0 Å². The Labute approximate surface area is 115 Å². The molecule has 1 unspecified atom stereocenters. The maximum Gasteiger partial charge on any atom is 0.335 e. The normalized spacial score (nSPS) is 11.3. The van der Waals surface area contributed by atoms with Gasteiger partial charge in [0.15, 0.2) is 0 Å². The van der Waals surface area contributed by atoms with Crippen molar-refractivity contribution < 1.29 is 24.2 Å². The van der Waals surface area contributed by atoms with Crippen LogP contribution < -0.4 is 10.6 Å². The van der Waals surface area contributed by atoms with Crippen molar-refractivity contribution in [2.75, 3.05) is 11.9 Å². The van der Waals surface area contributed by atoms with Gasteiger partial charge in [0.2, 0.25) is 0 Å². The summed E-state index contributed by atoms with van der Waals surface area (Å²) in [4.78, 5) is 33.6. The predicted octanol–water partition coefficient (Wildman–Crippen LogP) is 1.46. The van der Waals surface area contributed by atoms with E-state index in [2.05, 4.69) is 10.6 Å². The van der Waals surface area contributed by atoms with Gasteiger partial charge in [0, 0.05) is 5.69 Å². The number of esters is 1. The van der Waals surface area contributed by atoms with E-state index in [0.717, 1.165) is 0 Å². The van der Waals surface area contributed by atoms with E-state index in [9.17, 15) is 14.4 Å². The molecule has 1 rings (SSSR count). The number of benzene rings is 1. The van der Waals surface area contributed by atoms with Gasteiger partial charge < -0.3 is 20.5 Å². The van der Waals surface area contributed by atoms with Crippen molar-refractivity contribution in [1.29, 1.82) is 0 Å². The summed E-state index contributed by atoms with van der Waals surface area (Å²) >= 11 is 0. The lowest BCUT2D eigenvalue weighted by Gasteiger charge is -2.13. The Balaban J connectivity index is 2.54. The highest BCUT2D eigenvalue weighted by molar-refractivity contribution is 5.93. The molecule has 0 aliphatic heterocycles. The lowest BCUT2D eigenvalue weighted by molar-refractivity contribution is -0.144. The third kappa shape index (κ3) is 4.60. The number of amides is 2. The van der Waals surface area contributed by atoms with Gasteiger partial charge in [-0.05, 0) is 38.1 Å². The summed E-state index contributed by atoms with van der Waals surface area (Å²) in [6.45, 7) is 3.42. The van der Waals surface area contributed by atoms with Gasteiger partial charge >= 0.3 is 18.0 Å². The van der Waals surface area contributed by atoms with E-state index >= 15 is 0 Å². The molecule has 0 saturated heterocycles. The monoisotopic (exact) mass is 280 g/mol. The Morgan fingerprint density at radius 1 is 1.25 bits per heavy atom. The number of urea groups is 1. The fraction of sp³-hybridized carbons (Fsp3) is 0.308. The molecule has 0 spiro atoms. The van der Waals surface area contributed by atoms with Crippen LogP contribution in [0.5, 0.6) is 0 Å². The molecular formula is C13H16N2O5. The molecule has 1 aromatic carbocycles. The quantitative estimate of drug-likeness (QED) is 0.708. The number of hydrogen-bond donors (Lipinski definition) is 3. The summed E-state index contributed by atoms with van der Waals surface area (Å²) in [5.74, 6) is -1.57. The highest BCUT2D eigenvalue weighted by Gasteiger charge is 2.16. The highest BCUT2D eigenvalue weighted by atomic mass is 16.5. The molecule has 2 amide bonds. The first-order chi connectivity index (χ1) is 9.43. The van der Waals surface area contributed by atoms with Gasteiger partial charge in [-0.3, -0.25) is 0 Å². The minimum absolute atomic E-state index is 0.121. The van der Waals surface area contributed by atoms with E-state index in [1.807, 2.05) is 0 Å². The molecule has 108 valence electrons. The average Bonchev–Trinajstić information content (AvgIpc) is 2.39. The summed E-state index contributed by atoms with van der Waals surface area (Å²) in [5, 5.41) is 13.6. The Morgan fingerprint density at radius 2 is 1.85 bits per heavy atom. The van der Waals surface area contributed by atoms with Crippen molar-refractivity contribution in [3.63, 3.8) is 0 Å². The third-order valence-electron chi connectivity index (χ3n) is 2.38. The van der Waals surface area contributed by atoms with Crippen LogP contribution in [0.3, 0.4) is 0 Å². The Hall–Kier alpha value is -2.57. The first-order valence-electron chi connectivity index (χ1n) is 6.01. The molecule has 0 heterocycles. The molecule has 7 heteroatoms.